The van der Waals surface area contributed by atoms with Gasteiger partial charge in [0.15, 0.2) is 0 Å². The average molecular weight is 235 g/mol. The summed E-state index contributed by atoms with van der Waals surface area (Å²) in [7, 11) is -1.09. The van der Waals surface area contributed by atoms with Crippen molar-refractivity contribution in [2.24, 2.45) is 5.41 Å². The Morgan fingerprint density at radius 3 is 1.80 bits per heavy atom. The van der Waals surface area contributed by atoms with E-state index >= 15 is 0 Å². The van der Waals surface area contributed by atoms with Crippen LogP contribution in [0.1, 0.15) is 27.7 Å². The molecule has 0 N–H and O–H groups in total. The van der Waals surface area contributed by atoms with Crippen molar-refractivity contribution in [2.75, 3.05) is 14.2 Å². The fraction of sp³-hybridized carbons (Fsp3) is 0.889. The number of phosphoric acid groups is 1. The van der Waals surface area contributed by atoms with Crippen LogP contribution in [0.15, 0.2) is 0 Å². The Labute approximate surface area is 90.9 Å². The number of rotatable bonds is 5. The van der Waals surface area contributed by atoms with Gasteiger partial charge in [-0.2, -0.15) is 5.26 Å². The molecule has 6 heteroatoms. The fourth-order valence-electron chi connectivity index (χ4n) is 0.677. The lowest BCUT2D eigenvalue weighted by atomic mass is 9.79. The van der Waals surface area contributed by atoms with E-state index in [0.29, 0.717) is 0 Å². The van der Waals surface area contributed by atoms with Crippen molar-refractivity contribution in [1.82, 2.24) is 0 Å². The first kappa shape index (κ1) is 14.6. The Morgan fingerprint density at radius 1 is 1.13 bits per heavy atom. The molecule has 0 aromatic rings. The van der Waals surface area contributed by atoms with E-state index in [1.807, 2.05) is 0 Å². The predicted molar refractivity (Wildman–Crippen MR) is 56.2 cm³/mol. The smallest absolute Gasteiger partial charge is 0.290 e. The Morgan fingerprint density at radius 2 is 1.53 bits per heavy atom. The Bertz CT molecular complexity index is 298. The maximum atomic E-state index is 11.8. The summed E-state index contributed by atoms with van der Waals surface area (Å²) in [6, 6.07) is 2.10. The van der Waals surface area contributed by atoms with E-state index in [1.165, 1.54) is 14.2 Å². The highest BCUT2D eigenvalue weighted by Crippen LogP contribution is 2.54. The van der Waals surface area contributed by atoms with Gasteiger partial charge in [-0.05, 0) is 27.7 Å². The number of nitriles is 1. The summed E-state index contributed by atoms with van der Waals surface area (Å²) in [5.41, 5.74) is -1.75. The highest BCUT2D eigenvalue weighted by molar-refractivity contribution is 7.48. The molecule has 0 aromatic heterocycles. The first-order valence-corrected chi connectivity index (χ1v) is 5.94. The lowest BCUT2D eigenvalue weighted by Crippen LogP contribution is -2.40. The second-order valence-electron chi connectivity index (χ2n) is 4.15. The zero-order chi connectivity index (χ0) is 12.3. The molecule has 0 spiro atoms. The first-order valence-electron chi connectivity index (χ1n) is 4.47. The standard InChI is InChI=1S/C9H18NO4P/c1-8(2,7-10)9(3,4)14-15(11,12-5)13-6/h1-6H3. The van der Waals surface area contributed by atoms with Crippen LogP contribution in [0.3, 0.4) is 0 Å². The molecule has 0 unspecified atom stereocenters. The molecule has 88 valence electrons. The quantitative estimate of drug-likeness (QED) is 0.685. The molecule has 0 bridgehead atoms. The van der Waals surface area contributed by atoms with Crippen LogP contribution in [-0.2, 0) is 18.1 Å². The number of hydrogen-bond donors (Lipinski definition) is 0. The van der Waals surface area contributed by atoms with Gasteiger partial charge in [0, 0.05) is 14.2 Å². The van der Waals surface area contributed by atoms with E-state index in [-0.39, 0.29) is 0 Å². The summed E-state index contributed by atoms with van der Waals surface area (Å²) >= 11 is 0. The molecule has 0 radical (unpaired) electrons. The zero-order valence-corrected chi connectivity index (χ0v) is 10.9. The molecule has 0 aliphatic heterocycles. The van der Waals surface area contributed by atoms with Gasteiger partial charge >= 0.3 is 7.82 Å². The van der Waals surface area contributed by atoms with Gasteiger partial charge < -0.3 is 0 Å². The van der Waals surface area contributed by atoms with Gasteiger partial charge in [-0.25, -0.2) is 4.57 Å². The Kier molecular flexibility index (Phi) is 4.50. The molecular formula is C9H18NO4P. The molecule has 5 nitrogen and oxygen atoms in total. The summed E-state index contributed by atoms with van der Waals surface area (Å²) in [4.78, 5) is 0. The third kappa shape index (κ3) is 3.29. The van der Waals surface area contributed by atoms with Crippen LogP contribution in [-0.4, -0.2) is 19.8 Å². The molecule has 0 rings (SSSR count). The molecule has 0 fully saturated rings. The van der Waals surface area contributed by atoms with Crippen molar-refractivity contribution < 1.29 is 18.1 Å². The largest absolute Gasteiger partial charge is 0.474 e. The normalized spacial score (nSPS) is 13.7. The number of nitrogens with zero attached hydrogens (tertiary/aromatic N) is 1. The maximum absolute atomic E-state index is 11.8. The summed E-state index contributed by atoms with van der Waals surface area (Å²) in [5, 5.41) is 8.97. The van der Waals surface area contributed by atoms with Gasteiger partial charge in [-0.1, -0.05) is 0 Å². The Hall–Kier alpha value is -0.400. The van der Waals surface area contributed by atoms with Crippen LogP contribution >= 0.6 is 7.82 Å². The topological polar surface area (TPSA) is 68.6 Å². The van der Waals surface area contributed by atoms with E-state index in [1.54, 1.807) is 27.7 Å². The monoisotopic (exact) mass is 235 g/mol. The van der Waals surface area contributed by atoms with Gasteiger partial charge in [0.05, 0.1) is 17.1 Å². The minimum atomic E-state index is -3.56. The Balaban J connectivity index is 4.96. The summed E-state index contributed by atoms with van der Waals surface area (Å²) in [6.07, 6.45) is 0. The highest BCUT2D eigenvalue weighted by Gasteiger charge is 2.44. The molecule has 15 heavy (non-hydrogen) atoms. The minimum absolute atomic E-state index is 0.806. The van der Waals surface area contributed by atoms with Crippen LogP contribution in [0.2, 0.25) is 0 Å². The van der Waals surface area contributed by atoms with Crippen LogP contribution in [0.5, 0.6) is 0 Å². The van der Waals surface area contributed by atoms with Crippen molar-refractivity contribution in [3.05, 3.63) is 0 Å². The van der Waals surface area contributed by atoms with E-state index in [9.17, 15) is 4.57 Å². The maximum Gasteiger partial charge on any atom is 0.474 e. The third-order valence-electron chi connectivity index (χ3n) is 2.57. The number of phosphoric ester groups is 1. The van der Waals surface area contributed by atoms with Crippen LogP contribution in [0.4, 0.5) is 0 Å². The summed E-state index contributed by atoms with van der Waals surface area (Å²) < 4.78 is 26.3. The first-order chi connectivity index (χ1) is 6.64. The predicted octanol–water partition coefficient (Wildman–Crippen LogP) is 2.73. The molecule has 0 saturated carbocycles. The van der Waals surface area contributed by atoms with Crippen molar-refractivity contribution in [3.8, 4) is 6.07 Å². The van der Waals surface area contributed by atoms with Crippen molar-refractivity contribution in [3.63, 3.8) is 0 Å². The molecular weight excluding hydrogens is 217 g/mol. The van der Waals surface area contributed by atoms with Crippen molar-refractivity contribution >= 4 is 7.82 Å². The molecule has 0 amide bonds. The second kappa shape index (κ2) is 4.63. The second-order valence-corrected chi connectivity index (χ2v) is 5.96. The van der Waals surface area contributed by atoms with Gasteiger partial charge in [-0.3, -0.25) is 13.6 Å². The van der Waals surface area contributed by atoms with E-state index < -0.39 is 18.8 Å². The van der Waals surface area contributed by atoms with Gasteiger partial charge in [0.2, 0.25) is 0 Å². The molecule has 0 heterocycles. The SMILES string of the molecule is COP(=O)(OC)OC(C)(C)C(C)(C)C#N. The van der Waals surface area contributed by atoms with Gasteiger partial charge in [-0.15, -0.1) is 0 Å². The van der Waals surface area contributed by atoms with Crippen LogP contribution in [0.25, 0.3) is 0 Å². The van der Waals surface area contributed by atoms with E-state index in [4.69, 9.17) is 9.79 Å². The molecule has 0 aromatic carbocycles. The van der Waals surface area contributed by atoms with E-state index in [0.717, 1.165) is 0 Å². The molecule has 0 aliphatic rings. The molecule has 0 atom stereocenters. The third-order valence-corrected chi connectivity index (χ3v) is 4.15. The minimum Gasteiger partial charge on any atom is -0.290 e. The molecule has 0 aliphatic carbocycles. The average Bonchev–Trinajstić information content (AvgIpc) is 2.16. The molecule has 0 saturated heterocycles. The van der Waals surface area contributed by atoms with Crippen LogP contribution < -0.4 is 0 Å². The van der Waals surface area contributed by atoms with Crippen molar-refractivity contribution in [2.45, 2.75) is 33.3 Å². The van der Waals surface area contributed by atoms with E-state index in [2.05, 4.69) is 15.1 Å². The summed E-state index contributed by atoms with van der Waals surface area (Å²) in [6.45, 7) is 6.73. The zero-order valence-electron chi connectivity index (χ0n) is 10.0. The number of hydrogen-bond acceptors (Lipinski definition) is 5. The van der Waals surface area contributed by atoms with Crippen LogP contribution in [0, 0.1) is 16.7 Å². The van der Waals surface area contributed by atoms with Gasteiger partial charge in [0.1, 0.15) is 0 Å². The van der Waals surface area contributed by atoms with Crippen molar-refractivity contribution in [1.29, 1.82) is 5.26 Å². The summed E-state index contributed by atoms with van der Waals surface area (Å²) in [5.74, 6) is 0. The van der Waals surface area contributed by atoms with Gasteiger partial charge in [0.25, 0.3) is 0 Å². The lowest BCUT2D eigenvalue weighted by molar-refractivity contribution is -0.0126. The lowest BCUT2D eigenvalue weighted by Gasteiger charge is -2.36. The fourth-order valence-corrected chi connectivity index (χ4v) is 1.76. The highest BCUT2D eigenvalue weighted by atomic mass is 31.2.